The summed E-state index contributed by atoms with van der Waals surface area (Å²) in [6, 6.07) is 1.90. The summed E-state index contributed by atoms with van der Waals surface area (Å²) in [6.07, 6.45) is 4.88. The van der Waals surface area contributed by atoms with E-state index in [9.17, 15) is 4.79 Å². The van der Waals surface area contributed by atoms with Crippen LogP contribution in [0.3, 0.4) is 0 Å². The molecule has 0 saturated carbocycles. The number of hydrogen-bond donors (Lipinski definition) is 0. The van der Waals surface area contributed by atoms with Gasteiger partial charge in [-0.05, 0) is 12.5 Å². The molecule has 0 aromatic carbocycles. The first-order chi connectivity index (χ1) is 12.6. The third-order valence-corrected chi connectivity index (χ3v) is 4.38. The van der Waals surface area contributed by atoms with Crippen LogP contribution in [0.1, 0.15) is 43.6 Å². The monoisotopic (exact) mass is 359 g/mol. The maximum Gasteiger partial charge on any atom is 0.227 e. The number of nitrogens with zero attached hydrogens (tertiary/aromatic N) is 5. The number of ether oxygens (including phenoxy) is 1. The van der Waals surface area contributed by atoms with Crippen LogP contribution in [0, 0.1) is 5.92 Å². The van der Waals surface area contributed by atoms with Gasteiger partial charge in [-0.25, -0.2) is 9.97 Å². The van der Waals surface area contributed by atoms with Crippen LogP contribution in [0.25, 0.3) is 0 Å². The number of amides is 1. The number of rotatable bonds is 6. The fourth-order valence-corrected chi connectivity index (χ4v) is 2.94. The molecule has 0 aliphatic carbocycles. The summed E-state index contributed by atoms with van der Waals surface area (Å²) in [5.74, 6) is 1.74. The third-order valence-electron chi connectivity index (χ3n) is 4.38. The van der Waals surface area contributed by atoms with Crippen LogP contribution in [0.5, 0.6) is 0 Å². The van der Waals surface area contributed by atoms with Crippen molar-refractivity contribution in [2.24, 2.45) is 5.92 Å². The molecule has 1 fully saturated rings. The molecule has 3 rings (SSSR count). The summed E-state index contributed by atoms with van der Waals surface area (Å²) in [5.41, 5.74) is 0.968. The average molecular weight is 359 g/mol. The highest BCUT2D eigenvalue weighted by atomic mass is 16.5. The quantitative estimate of drug-likeness (QED) is 0.774. The van der Waals surface area contributed by atoms with E-state index in [0.717, 1.165) is 12.1 Å². The Hall–Kier alpha value is -2.35. The molecule has 0 N–H and O–H groups in total. The molecule has 2 aromatic heterocycles. The van der Waals surface area contributed by atoms with Gasteiger partial charge in [-0.15, -0.1) is 0 Å². The minimum Gasteiger partial charge on any atom is -0.379 e. The van der Waals surface area contributed by atoms with Crippen molar-refractivity contribution in [2.75, 3.05) is 26.3 Å². The SMILES string of the molecule is CC(C)c1noc(CCC(=O)N2CCOCC(Cc3ccncn3)C2)n1. The van der Waals surface area contributed by atoms with E-state index in [4.69, 9.17) is 9.26 Å². The van der Waals surface area contributed by atoms with Crippen LogP contribution in [-0.2, 0) is 22.4 Å². The van der Waals surface area contributed by atoms with Gasteiger partial charge in [-0.1, -0.05) is 19.0 Å². The number of hydrogen-bond acceptors (Lipinski definition) is 7. The first kappa shape index (κ1) is 18.4. The number of aryl methyl sites for hydroxylation is 1. The standard InChI is InChI=1S/C18H25N5O3/c1-13(2)18-21-16(26-22-18)3-4-17(24)23-7-8-25-11-14(10-23)9-15-5-6-19-12-20-15/h5-6,12-14H,3-4,7-11H2,1-2H3. The van der Waals surface area contributed by atoms with Gasteiger partial charge < -0.3 is 14.2 Å². The van der Waals surface area contributed by atoms with E-state index in [-0.39, 0.29) is 17.7 Å². The minimum atomic E-state index is 0.0903. The molecule has 8 heteroatoms. The molecule has 140 valence electrons. The maximum atomic E-state index is 12.6. The molecule has 1 saturated heterocycles. The van der Waals surface area contributed by atoms with E-state index in [2.05, 4.69) is 20.1 Å². The zero-order valence-electron chi connectivity index (χ0n) is 15.3. The topological polar surface area (TPSA) is 94.2 Å². The second-order valence-electron chi connectivity index (χ2n) is 6.89. The van der Waals surface area contributed by atoms with Crippen molar-refractivity contribution in [2.45, 2.75) is 39.0 Å². The molecule has 0 spiro atoms. The molecule has 0 bridgehead atoms. The molecular formula is C18H25N5O3. The molecule has 1 unspecified atom stereocenters. The van der Waals surface area contributed by atoms with Crippen LogP contribution in [0.4, 0.5) is 0 Å². The third kappa shape index (κ3) is 5.08. The van der Waals surface area contributed by atoms with Crippen molar-refractivity contribution in [1.82, 2.24) is 25.0 Å². The lowest BCUT2D eigenvalue weighted by Crippen LogP contribution is -2.36. The first-order valence-electron chi connectivity index (χ1n) is 9.04. The molecule has 1 aliphatic heterocycles. The lowest BCUT2D eigenvalue weighted by molar-refractivity contribution is -0.131. The van der Waals surface area contributed by atoms with Crippen LogP contribution < -0.4 is 0 Å². The second-order valence-corrected chi connectivity index (χ2v) is 6.89. The molecule has 1 aliphatic rings. The highest BCUT2D eigenvalue weighted by Gasteiger charge is 2.23. The molecule has 1 atom stereocenters. The highest BCUT2D eigenvalue weighted by molar-refractivity contribution is 5.76. The van der Waals surface area contributed by atoms with Gasteiger partial charge in [-0.3, -0.25) is 4.79 Å². The average Bonchev–Trinajstić information content (AvgIpc) is 3.00. The molecule has 8 nitrogen and oxygen atoms in total. The van der Waals surface area contributed by atoms with E-state index in [1.54, 1.807) is 12.5 Å². The van der Waals surface area contributed by atoms with E-state index < -0.39 is 0 Å². The Labute approximate surface area is 153 Å². The highest BCUT2D eigenvalue weighted by Crippen LogP contribution is 2.15. The summed E-state index contributed by atoms with van der Waals surface area (Å²) in [5, 5.41) is 3.94. The van der Waals surface area contributed by atoms with Crippen LogP contribution in [0.2, 0.25) is 0 Å². The predicted octanol–water partition coefficient (Wildman–Crippen LogP) is 1.63. The lowest BCUT2D eigenvalue weighted by atomic mass is 10.0. The molecule has 1 amide bonds. The van der Waals surface area contributed by atoms with Crippen molar-refractivity contribution in [3.05, 3.63) is 36.0 Å². The van der Waals surface area contributed by atoms with E-state index in [1.165, 1.54) is 0 Å². The van der Waals surface area contributed by atoms with Crippen molar-refractivity contribution in [3.8, 4) is 0 Å². The minimum absolute atomic E-state index is 0.0903. The number of carbonyl (C=O) groups excluding carboxylic acids is 1. The fourth-order valence-electron chi connectivity index (χ4n) is 2.94. The van der Waals surface area contributed by atoms with Crippen molar-refractivity contribution in [1.29, 1.82) is 0 Å². The first-order valence-corrected chi connectivity index (χ1v) is 9.04. The van der Waals surface area contributed by atoms with Gasteiger partial charge in [0.1, 0.15) is 6.33 Å². The molecule has 26 heavy (non-hydrogen) atoms. The summed E-state index contributed by atoms with van der Waals surface area (Å²) in [7, 11) is 0. The summed E-state index contributed by atoms with van der Waals surface area (Å²) < 4.78 is 10.9. The van der Waals surface area contributed by atoms with E-state index >= 15 is 0 Å². The molecular weight excluding hydrogens is 334 g/mol. The Morgan fingerprint density at radius 1 is 1.42 bits per heavy atom. The normalized spacial score (nSPS) is 18.1. The van der Waals surface area contributed by atoms with Crippen LogP contribution in [-0.4, -0.2) is 57.2 Å². The van der Waals surface area contributed by atoms with Gasteiger partial charge >= 0.3 is 0 Å². The second kappa shape index (κ2) is 8.84. The smallest absolute Gasteiger partial charge is 0.227 e. The molecule has 0 radical (unpaired) electrons. The molecule has 2 aromatic rings. The Morgan fingerprint density at radius 2 is 2.31 bits per heavy atom. The zero-order valence-corrected chi connectivity index (χ0v) is 15.3. The summed E-state index contributed by atoms with van der Waals surface area (Å²) in [6.45, 7) is 6.49. The van der Waals surface area contributed by atoms with Gasteiger partial charge in [0.2, 0.25) is 11.8 Å². The summed E-state index contributed by atoms with van der Waals surface area (Å²) in [4.78, 5) is 27.0. The maximum absolute atomic E-state index is 12.6. The van der Waals surface area contributed by atoms with E-state index in [1.807, 2.05) is 24.8 Å². The van der Waals surface area contributed by atoms with Gasteiger partial charge in [0.25, 0.3) is 0 Å². The Kier molecular flexibility index (Phi) is 6.27. The fraction of sp³-hybridized carbons (Fsp3) is 0.611. The Balaban J connectivity index is 1.53. The van der Waals surface area contributed by atoms with Gasteiger partial charge in [-0.2, -0.15) is 4.98 Å². The van der Waals surface area contributed by atoms with Gasteiger partial charge in [0, 0.05) is 49.7 Å². The van der Waals surface area contributed by atoms with Crippen molar-refractivity contribution >= 4 is 5.91 Å². The van der Waals surface area contributed by atoms with Crippen LogP contribution in [0.15, 0.2) is 23.1 Å². The van der Waals surface area contributed by atoms with Crippen LogP contribution >= 0.6 is 0 Å². The molecule has 3 heterocycles. The Bertz CT molecular complexity index is 704. The van der Waals surface area contributed by atoms with Gasteiger partial charge in [0.05, 0.1) is 13.2 Å². The largest absolute Gasteiger partial charge is 0.379 e. The number of aromatic nitrogens is 4. The summed E-state index contributed by atoms with van der Waals surface area (Å²) >= 11 is 0. The van der Waals surface area contributed by atoms with Gasteiger partial charge in [0.15, 0.2) is 5.82 Å². The zero-order chi connectivity index (χ0) is 18.4. The Morgan fingerprint density at radius 3 is 3.04 bits per heavy atom. The lowest BCUT2D eigenvalue weighted by Gasteiger charge is -2.23. The van der Waals surface area contributed by atoms with E-state index in [0.29, 0.717) is 50.9 Å². The van der Waals surface area contributed by atoms with Crippen molar-refractivity contribution < 1.29 is 14.1 Å². The van der Waals surface area contributed by atoms with Crippen molar-refractivity contribution in [3.63, 3.8) is 0 Å². The predicted molar refractivity (Wildman–Crippen MR) is 93.3 cm³/mol. The number of carbonyl (C=O) groups is 1.